The van der Waals surface area contributed by atoms with Gasteiger partial charge >= 0.3 is 5.97 Å². The van der Waals surface area contributed by atoms with Crippen molar-refractivity contribution in [1.29, 1.82) is 0 Å². The molecule has 102 valence electrons. The van der Waals surface area contributed by atoms with Crippen molar-refractivity contribution in [2.45, 2.75) is 6.42 Å². The van der Waals surface area contributed by atoms with Gasteiger partial charge in [-0.25, -0.2) is 4.79 Å². The summed E-state index contributed by atoms with van der Waals surface area (Å²) >= 11 is 6.07. The van der Waals surface area contributed by atoms with Crippen LogP contribution in [0.1, 0.15) is 16.8 Å². The quantitative estimate of drug-likeness (QED) is 0.853. The standard InChI is InChI=1S/C13H14ClNO4/c1-19-13(18)9-2-3-10(14)11(5-9)15-6-8(7-16)4-12(15)17/h2-3,5,8,16H,4,6-7H2,1H3. The number of rotatable bonds is 3. The Kier molecular flexibility index (Phi) is 4.07. The van der Waals surface area contributed by atoms with E-state index >= 15 is 0 Å². The first-order valence-corrected chi connectivity index (χ1v) is 6.23. The first kappa shape index (κ1) is 13.8. The van der Waals surface area contributed by atoms with Crippen molar-refractivity contribution in [1.82, 2.24) is 0 Å². The fraction of sp³-hybridized carbons (Fsp3) is 0.385. The second-order valence-electron chi connectivity index (χ2n) is 4.41. The number of methoxy groups -OCH3 is 1. The molecule has 0 saturated carbocycles. The average molecular weight is 284 g/mol. The Balaban J connectivity index is 2.34. The molecular weight excluding hydrogens is 270 g/mol. The molecule has 6 heteroatoms. The third-order valence-corrected chi connectivity index (χ3v) is 3.44. The van der Waals surface area contributed by atoms with Crippen molar-refractivity contribution in [3.05, 3.63) is 28.8 Å². The van der Waals surface area contributed by atoms with Gasteiger partial charge in [0, 0.05) is 25.5 Å². The molecule has 0 aromatic heterocycles. The number of amides is 1. The molecule has 1 heterocycles. The SMILES string of the molecule is COC(=O)c1ccc(Cl)c(N2CC(CO)CC2=O)c1. The number of anilines is 1. The summed E-state index contributed by atoms with van der Waals surface area (Å²) in [6, 6.07) is 4.64. The van der Waals surface area contributed by atoms with Crippen LogP contribution >= 0.6 is 11.6 Å². The third-order valence-electron chi connectivity index (χ3n) is 3.12. The monoisotopic (exact) mass is 283 g/mol. The molecule has 5 nitrogen and oxygen atoms in total. The van der Waals surface area contributed by atoms with Crippen LogP contribution in [0.3, 0.4) is 0 Å². The minimum atomic E-state index is -0.483. The Hall–Kier alpha value is -1.59. The molecule has 1 fully saturated rings. The van der Waals surface area contributed by atoms with Crippen molar-refractivity contribution in [3.8, 4) is 0 Å². The summed E-state index contributed by atoms with van der Waals surface area (Å²) in [4.78, 5) is 24.9. The highest BCUT2D eigenvalue weighted by Gasteiger charge is 2.31. The normalized spacial score (nSPS) is 18.8. The van der Waals surface area contributed by atoms with E-state index in [2.05, 4.69) is 4.74 Å². The molecule has 1 unspecified atom stereocenters. The number of aliphatic hydroxyl groups is 1. The van der Waals surface area contributed by atoms with E-state index in [-0.39, 0.29) is 24.9 Å². The van der Waals surface area contributed by atoms with Crippen molar-refractivity contribution >= 4 is 29.2 Å². The van der Waals surface area contributed by atoms with Crippen molar-refractivity contribution in [2.75, 3.05) is 25.2 Å². The van der Waals surface area contributed by atoms with Crippen LogP contribution in [-0.2, 0) is 9.53 Å². The van der Waals surface area contributed by atoms with Crippen LogP contribution in [0.5, 0.6) is 0 Å². The summed E-state index contributed by atoms with van der Waals surface area (Å²) in [5, 5.41) is 9.50. The minimum Gasteiger partial charge on any atom is -0.465 e. The first-order valence-electron chi connectivity index (χ1n) is 5.86. The molecule has 0 aliphatic carbocycles. The maximum absolute atomic E-state index is 11.9. The van der Waals surface area contributed by atoms with Gasteiger partial charge in [0.05, 0.1) is 23.4 Å². The number of ether oxygens (including phenoxy) is 1. The van der Waals surface area contributed by atoms with Crippen molar-refractivity contribution in [2.24, 2.45) is 5.92 Å². The second-order valence-corrected chi connectivity index (χ2v) is 4.82. The molecule has 1 amide bonds. The molecule has 1 aromatic carbocycles. The number of esters is 1. The van der Waals surface area contributed by atoms with E-state index in [0.717, 1.165) is 0 Å². The summed E-state index contributed by atoms with van der Waals surface area (Å²) in [5.74, 6) is -0.684. The van der Waals surface area contributed by atoms with Gasteiger partial charge in [0.1, 0.15) is 0 Å². The highest BCUT2D eigenvalue weighted by molar-refractivity contribution is 6.34. The van der Waals surface area contributed by atoms with E-state index in [1.54, 1.807) is 12.1 Å². The van der Waals surface area contributed by atoms with E-state index in [9.17, 15) is 9.59 Å². The number of carbonyl (C=O) groups is 2. The van der Waals surface area contributed by atoms with Gasteiger partial charge in [0.25, 0.3) is 0 Å². The number of hydrogen-bond donors (Lipinski definition) is 1. The largest absolute Gasteiger partial charge is 0.465 e. The molecule has 19 heavy (non-hydrogen) atoms. The second kappa shape index (κ2) is 5.59. The highest BCUT2D eigenvalue weighted by Crippen LogP contribution is 2.32. The fourth-order valence-corrected chi connectivity index (χ4v) is 2.32. The summed E-state index contributed by atoms with van der Waals surface area (Å²) in [6.07, 6.45) is 0.287. The van der Waals surface area contributed by atoms with Crippen LogP contribution in [0.2, 0.25) is 5.02 Å². The zero-order valence-corrected chi connectivity index (χ0v) is 11.2. The molecule has 1 saturated heterocycles. The Bertz CT molecular complexity index is 517. The highest BCUT2D eigenvalue weighted by atomic mass is 35.5. The molecule has 0 radical (unpaired) electrons. The first-order chi connectivity index (χ1) is 9.06. The molecule has 0 spiro atoms. The van der Waals surface area contributed by atoms with Gasteiger partial charge in [0.15, 0.2) is 0 Å². The maximum atomic E-state index is 11.9. The molecule has 1 atom stereocenters. The predicted molar refractivity (Wildman–Crippen MR) is 70.3 cm³/mol. The van der Waals surface area contributed by atoms with E-state index < -0.39 is 5.97 Å². The van der Waals surface area contributed by atoms with Gasteiger partial charge in [-0.3, -0.25) is 4.79 Å². The van der Waals surface area contributed by atoms with Gasteiger partial charge in [0.2, 0.25) is 5.91 Å². The van der Waals surface area contributed by atoms with Gasteiger partial charge < -0.3 is 14.7 Å². The van der Waals surface area contributed by atoms with Gasteiger partial charge in [-0.05, 0) is 18.2 Å². The maximum Gasteiger partial charge on any atom is 0.337 e. The van der Waals surface area contributed by atoms with Gasteiger partial charge in [-0.15, -0.1) is 0 Å². The smallest absolute Gasteiger partial charge is 0.337 e. The van der Waals surface area contributed by atoms with E-state index in [1.165, 1.54) is 18.1 Å². The fourth-order valence-electron chi connectivity index (χ4n) is 2.10. The zero-order valence-electron chi connectivity index (χ0n) is 10.4. The Morgan fingerprint density at radius 1 is 1.58 bits per heavy atom. The van der Waals surface area contributed by atoms with Crippen LogP contribution in [0.25, 0.3) is 0 Å². The van der Waals surface area contributed by atoms with E-state index in [1.807, 2.05) is 0 Å². The zero-order chi connectivity index (χ0) is 14.0. The number of carbonyl (C=O) groups excluding carboxylic acids is 2. The van der Waals surface area contributed by atoms with Gasteiger partial charge in [-0.2, -0.15) is 0 Å². The number of halogens is 1. The molecular formula is C13H14ClNO4. The number of aliphatic hydroxyl groups excluding tert-OH is 1. The van der Waals surface area contributed by atoms with Crippen LogP contribution in [-0.4, -0.2) is 37.2 Å². The molecule has 1 aromatic rings. The van der Waals surface area contributed by atoms with Crippen LogP contribution in [0, 0.1) is 5.92 Å². The van der Waals surface area contributed by atoms with Crippen molar-refractivity contribution in [3.63, 3.8) is 0 Å². The lowest BCUT2D eigenvalue weighted by Gasteiger charge is -2.18. The van der Waals surface area contributed by atoms with E-state index in [4.69, 9.17) is 16.7 Å². The molecule has 1 aliphatic rings. The summed E-state index contributed by atoms with van der Waals surface area (Å²) in [5.41, 5.74) is 0.813. The molecule has 1 aliphatic heterocycles. The molecule has 1 N–H and O–H groups in total. The molecule has 2 rings (SSSR count). The number of hydrogen-bond acceptors (Lipinski definition) is 4. The Morgan fingerprint density at radius 2 is 2.32 bits per heavy atom. The van der Waals surface area contributed by atoms with Crippen molar-refractivity contribution < 1.29 is 19.4 Å². The van der Waals surface area contributed by atoms with E-state index in [0.29, 0.717) is 22.8 Å². The van der Waals surface area contributed by atoms with Crippen LogP contribution < -0.4 is 4.90 Å². The lowest BCUT2D eigenvalue weighted by atomic mass is 10.1. The minimum absolute atomic E-state index is 0.0451. The lowest BCUT2D eigenvalue weighted by Crippen LogP contribution is -2.25. The number of nitrogens with zero attached hydrogens (tertiary/aromatic N) is 1. The van der Waals surface area contributed by atoms with Crippen LogP contribution in [0.15, 0.2) is 18.2 Å². The average Bonchev–Trinajstić information content (AvgIpc) is 2.79. The summed E-state index contributed by atoms with van der Waals surface area (Å²) < 4.78 is 4.64. The number of benzene rings is 1. The Morgan fingerprint density at radius 3 is 2.89 bits per heavy atom. The third kappa shape index (κ3) is 2.72. The summed E-state index contributed by atoms with van der Waals surface area (Å²) in [6.45, 7) is 0.357. The summed E-state index contributed by atoms with van der Waals surface area (Å²) in [7, 11) is 1.29. The lowest BCUT2D eigenvalue weighted by molar-refractivity contribution is -0.117. The topological polar surface area (TPSA) is 66.8 Å². The molecule has 0 bridgehead atoms. The Labute approximate surface area is 115 Å². The van der Waals surface area contributed by atoms with Crippen LogP contribution in [0.4, 0.5) is 5.69 Å². The van der Waals surface area contributed by atoms with Gasteiger partial charge in [-0.1, -0.05) is 11.6 Å². The predicted octanol–water partition coefficient (Wildman–Crippen LogP) is 1.47.